The van der Waals surface area contributed by atoms with Crippen molar-refractivity contribution in [2.75, 3.05) is 0 Å². The molecule has 0 bridgehead atoms. The van der Waals surface area contributed by atoms with Gasteiger partial charge in [-0.15, -0.1) is 0 Å². The molecule has 1 fully saturated rings. The number of likely N-dealkylation sites (tertiary alicyclic amines) is 1. The third-order valence-electron chi connectivity index (χ3n) is 4.35. The summed E-state index contributed by atoms with van der Waals surface area (Å²) < 4.78 is 5.85. The molecule has 4 heteroatoms. The summed E-state index contributed by atoms with van der Waals surface area (Å²) >= 11 is 0. The molecule has 1 aliphatic heterocycles. The fourth-order valence-electron chi connectivity index (χ4n) is 2.97. The first-order valence-electron chi connectivity index (χ1n) is 7.99. The number of aliphatic hydroxyl groups is 1. The number of ether oxygens (including phenoxy) is 1. The summed E-state index contributed by atoms with van der Waals surface area (Å²) in [6.07, 6.45) is 0.907. The molecule has 124 valence electrons. The van der Waals surface area contributed by atoms with E-state index in [0.717, 1.165) is 11.1 Å². The van der Waals surface area contributed by atoms with Crippen LogP contribution in [0.1, 0.15) is 17.5 Å². The van der Waals surface area contributed by atoms with Crippen molar-refractivity contribution in [3.8, 4) is 0 Å². The molecule has 2 aromatic rings. The van der Waals surface area contributed by atoms with Gasteiger partial charge in [-0.3, -0.25) is 4.79 Å². The third kappa shape index (κ3) is 3.25. The van der Waals surface area contributed by atoms with E-state index in [2.05, 4.69) is 6.58 Å². The van der Waals surface area contributed by atoms with Crippen LogP contribution in [0.5, 0.6) is 0 Å². The molecule has 2 aromatic carbocycles. The van der Waals surface area contributed by atoms with Gasteiger partial charge >= 0.3 is 0 Å². The maximum Gasteiger partial charge on any atom is 0.228 e. The normalized spacial score (nSPS) is 23.5. The van der Waals surface area contributed by atoms with Crippen molar-refractivity contribution in [1.82, 2.24) is 4.90 Å². The maximum absolute atomic E-state index is 12.4. The smallest absolute Gasteiger partial charge is 0.228 e. The molecule has 3 rings (SSSR count). The second-order valence-electron chi connectivity index (χ2n) is 5.94. The molecule has 24 heavy (non-hydrogen) atoms. The van der Waals surface area contributed by atoms with E-state index < -0.39 is 11.8 Å². The van der Waals surface area contributed by atoms with Gasteiger partial charge < -0.3 is 14.7 Å². The Hall–Kier alpha value is -2.43. The molecule has 1 N–H and O–H groups in total. The molecule has 4 nitrogen and oxygen atoms in total. The van der Waals surface area contributed by atoms with Crippen LogP contribution < -0.4 is 0 Å². The SMILES string of the molecule is C=CC1(O)[C@@H](OCc2ccccc2)CC(=O)N1Cc1ccccc1. The summed E-state index contributed by atoms with van der Waals surface area (Å²) in [4.78, 5) is 13.8. The predicted octanol–water partition coefficient (Wildman–Crippen LogP) is 2.88. The third-order valence-corrected chi connectivity index (χ3v) is 4.35. The van der Waals surface area contributed by atoms with Crippen molar-refractivity contribution in [2.24, 2.45) is 0 Å². The van der Waals surface area contributed by atoms with E-state index in [9.17, 15) is 9.90 Å². The Bertz CT molecular complexity index is 701. The minimum absolute atomic E-state index is 0.140. The molecule has 1 saturated heterocycles. The lowest BCUT2D eigenvalue weighted by Gasteiger charge is -2.34. The number of carbonyl (C=O) groups is 1. The molecule has 0 aliphatic carbocycles. The number of rotatable bonds is 6. The summed E-state index contributed by atoms with van der Waals surface area (Å²) in [5, 5.41) is 11.0. The zero-order valence-corrected chi connectivity index (χ0v) is 13.5. The van der Waals surface area contributed by atoms with E-state index in [-0.39, 0.29) is 12.3 Å². The highest BCUT2D eigenvalue weighted by Crippen LogP contribution is 2.33. The summed E-state index contributed by atoms with van der Waals surface area (Å²) in [6, 6.07) is 19.3. The van der Waals surface area contributed by atoms with Crippen LogP contribution in [0.2, 0.25) is 0 Å². The average Bonchev–Trinajstić information content (AvgIpc) is 2.86. The molecule has 0 aromatic heterocycles. The fourth-order valence-corrected chi connectivity index (χ4v) is 2.97. The lowest BCUT2D eigenvalue weighted by molar-refractivity contribution is -0.152. The first-order valence-corrected chi connectivity index (χ1v) is 7.99. The van der Waals surface area contributed by atoms with E-state index in [0.29, 0.717) is 13.2 Å². The highest BCUT2D eigenvalue weighted by atomic mass is 16.5. The van der Waals surface area contributed by atoms with Gasteiger partial charge in [0.2, 0.25) is 5.91 Å². The summed E-state index contributed by atoms with van der Waals surface area (Å²) in [5.41, 5.74) is 0.453. The Balaban J connectivity index is 1.74. The van der Waals surface area contributed by atoms with Gasteiger partial charge in [-0.2, -0.15) is 0 Å². The standard InChI is InChI=1S/C20H21NO3/c1-2-20(23)18(24-15-17-11-7-4-8-12-17)13-19(22)21(20)14-16-9-5-3-6-10-16/h2-12,18,23H,1,13-15H2/t18-,20?/m0/s1. The van der Waals surface area contributed by atoms with Crippen molar-refractivity contribution in [3.05, 3.63) is 84.4 Å². The summed E-state index contributed by atoms with van der Waals surface area (Å²) in [7, 11) is 0. The lowest BCUT2D eigenvalue weighted by atomic mass is 10.1. The van der Waals surface area contributed by atoms with Crippen LogP contribution in [-0.2, 0) is 22.7 Å². The van der Waals surface area contributed by atoms with Gasteiger partial charge in [-0.1, -0.05) is 67.2 Å². The molecule has 1 amide bonds. The van der Waals surface area contributed by atoms with E-state index in [4.69, 9.17) is 4.74 Å². The minimum Gasteiger partial charge on any atom is -0.368 e. The van der Waals surface area contributed by atoms with Gasteiger partial charge in [-0.25, -0.2) is 0 Å². The van der Waals surface area contributed by atoms with Gasteiger partial charge in [-0.05, 0) is 17.2 Å². The van der Waals surface area contributed by atoms with Crippen LogP contribution >= 0.6 is 0 Å². The summed E-state index contributed by atoms with van der Waals surface area (Å²) in [5.74, 6) is -0.140. The Morgan fingerprint density at radius 2 is 1.71 bits per heavy atom. The fraction of sp³-hybridized carbons (Fsp3) is 0.250. The monoisotopic (exact) mass is 323 g/mol. The number of benzene rings is 2. The van der Waals surface area contributed by atoms with Crippen LogP contribution in [0, 0.1) is 0 Å². The van der Waals surface area contributed by atoms with Crippen LogP contribution in [0.3, 0.4) is 0 Å². The zero-order valence-electron chi connectivity index (χ0n) is 13.5. The first-order chi connectivity index (χ1) is 11.6. The molecule has 1 heterocycles. The van der Waals surface area contributed by atoms with Crippen molar-refractivity contribution in [1.29, 1.82) is 0 Å². The topological polar surface area (TPSA) is 49.8 Å². The van der Waals surface area contributed by atoms with Crippen molar-refractivity contribution in [2.45, 2.75) is 31.4 Å². The van der Waals surface area contributed by atoms with Gasteiger partial charge in [0.15, 0.2) is 5.72 Å². The van der Waals surface area contributed by atoms with Crippen LogP contribution in [0.15, 0.2) is 73.3 Å². The second-order valence-corrected chi connectivity index (χ2v) is 5.94. The van der Waals surface area contributed by atoms with E-state index in [1.807, 2.05) is 60.7 Å². The van der Waals surface area contributed by atoms with Crippen LogP contribution in [0.25, 0.3) is 0 Å². The maximum atomic E-state index is 12.4. The molecule has 1 unspecified atom stereocenters. The van der Waals surface area contributed by atoms with E-state index >= 15 is 0 Å². The molecule has 0 saturated carbocycles. The molecular weight excluding hydrogens is 302 g/mol. The molecular formula is C20H21NO3. The number of hydrogen-bond acceptors (Lipinski definition) is 3. The van der Waals surface area contributed by atoms with Gasteiger partial charge in [0.1, 0.15) is 6.10 Å². The number of carbonyl (C=O) groups excluding carboxylic acids is 1. The molecule has 2 atom stereocenters. The Labute approximate surface area is 142 Å². The van der Waals surface area contributed by atoms with E-state index in [1.54, 1.807) is 0 Å². The van der Waals surface area contributed by atoms with Gasteiger partial charge in [0.05, 0.1) is 13.0 Å². The number of hydrogen-bond donors (Lipinski definition) is 1. The number of amides is 1. The highest BCUT2D eigenvalue weighted by Gasteiger charge is 2.50. The Morgan fingerprint density at radius 3 is 2.29 bits per heavy atom. The van der Waals surface area contributed by atoms with Crippen molar-refractivity contribution < 1.29 is 14.6 Å². The first kappa shape index (κ1) is 16.4. The Kier molecular flexibility index (Phi) is 4.79. The lowest BCUT2D eigenvalue weighted by Crippen LogP contribution is -2.50. The second kappa shape index (κ2) is 6.99. The quantitative estimate of drug-likeness (QED) is 0.832. The van der Waals surface area contributed by atoms with E-state index in [1.165, 1.54) is 11.0 Å². The van der Waals surface area contributed by atoms with Crippen molar-refractivity contribution in [3.63, 3.8) is 0 Å². The molecule has 0 radical (unpaired) electrons. The van der Waals surface area contributed by atoms with Crippen LogP contribution in [-0.4, -0.2) is 27.7 Å². The number of nitrogens with zero attached hydrogens (tertiary/aromatic N) is 1. The molecule has 1 aliphatic rings. The minimum atomic E-state index is -1.50. The van der Waals surface area contributed by atoms with Gasteiger partial charge in [0.25, 0.3) is 0 Å². The largest absolute Gasteiger partial charge is 0.368 e. The van der Waals surface area contributed by atoms with Gasteiger partial charge in [0, 0.05) is 6.54 Å². The summed E-state index contributed by atoms with van der Waals surface area (Å²) in [6.45, 7) is 4.39. The molecule has 0 spiro atoms. The van der Waals surface area contributed by atoms with Crippen molar-refractivity contribution >= 4 is 5.91 Å². The Morgan fingerprint density at radius 1 is 1.12 bits per heavy atom. The average molecular weight is 323 g/mol. The highest BCUT2D eigenvalue weighted by molar-refractivity contribution is 5.81. The zero-order chi connectivity index (χ0) is 17.0. The van der Waals surface area contributed by atoms with Crippen LogP contribution in [0.4, 0.5) is 0 Å². The predicted molar refractivity (Wildman–Crippen MR) is 91.8 cm³/mol.